The molecular weight excluding hydrogens is 395 g/mol. The molecule has 29 heavy (non-hydrogen) atoms. The first-order valence-corrected chi connectivity index (χ1v) is 9.76. The van der Waals surface area contributed by atoms with E-state index in [2.05, 4.69) is 20.8 Å². The molecule has 2 amide bonds. The topological polar surface area (TPSA) is 97.1 Å². The molecule has 0 saturated carbocycles. The number of nitrogens with zero attached hydrogens (tertiary/aromatic N) is 2. The van der Waals surface area contributed by atoms with E-state index in [-0.39, 0.29) is 34.9 Å². The van der Waals surface area contributed by atoms with Crippen LogP contribution < -0.4 is 10.6 Å². The summed E-state index contributed by atoms with van der Waals surface area (Å²) in [7, 11) is 0. The Morgan fingerprint density at radius 1 is 1.10 bits per heavy atom. The van der Waals surface area contributed by atoms with E-state index in [0.717, 1.165) is 28.6 Å². The highest BCUT2D eigenvalue weighted by Crippen LogP contribution is 2.20. The molecule has 0 radical (unpaired) electrons. The Morgan fingerprint density at radius 2 is 1.90 bits per heavy atom. The van der Waals surface area contributed by atoms with Crippen molar-refractivity contribution < 1.29 is 18.4 Å². The van der Waals surface area contributed by atoms with Gasteiger partial charge in [-0.25, -0.2) is 4.39 Å². The highest BCUT2D eigenvalue weighted by Gasteiger charge is 2.14. The van der Waals surface area contributed by atoms with Gasteiger partial charge in [-0.3, -0.25) is 9.59 Å². The Labute approximate surface area is 171 Å². The fourth-order valence-corrected chi connectivity index (χ4v) is 3.04. The number of aromatic nitrogens is 2. The van der Waals surface area contributed by atoms with Gasteiger partial charge in [0.15, 0.2) is 0 Å². The fraction of sp³-hybridized carbons (Fsp3) is 0.200. The number of nitrogens with one attached hydrogen (secondary N) is 2. The molecule has 0 spiro atoms. The van der Waals surface area contributed by atoms with Crippen molar-refractivity contribution in [3.8, 4) is 0 Å². The molecular formula is C20H19FN4O3S. The number of hydrogen-bond donors (Lipinski definition) is 2. The molecule has 1 aromatic heterocycles. The first kappa shape index (κ1) is 20.5. The molecule has 0 aliphatic heterocycles. The summed E-state index contributed by atoms with van der Waals surface area (Å²) < 4.78 is 19.0. The molecule has 0 aliphatic carbocycles. The summed E-state index contributed by atoms with van der Waals surface area (Å²) in [5, 5.41) is 13.2. The number of thioether (sulfide) groups is 1. The lowest BCUT2D eigenvalue weighted by atomic mass is 10.1. The van der Waals surface area contributed by atoms with Crippen LogP contribution in [-0.2, 0) is 11.3 Å². The molecule has 0 aliphatic rings. The van der Waals surface area contributed by atoms with Gasteiger partial charge in [0.2, 0.25) is 11.8 Å². The third kappa shape index (κ3) is 5.41. The summed E-state index contributed by atoms with van der Waals surface area (Å²) in [6, 6.07) is 11.4. The van der Waals surface area contributed by atoms with Gasteiger partial charge in [-0.15, -0.1) is 10.2 Å². The second kappa shape index (κ2) is 9.33. The number of amides is 2. The van der Waals surface area contributed by atoms with E-state index in [0.29, 0.717) is 0 Å². The number of aryl methyl sites for hydroxylation is 1. The van der Waals surface area contributed by atoms with Crippen LogP contribution in [0.2, 0.25) is 0 Å². The molecule has 2 N–H and O–H groups in total. The molecule has 0 saturated heterocycles. The Bertz CT molecular complexity index is 1040. The van der Waals surface area contributed by atoms with Crippen molar-refractivity contribution in [1.29, 1.82) is 0 Å². The van der Waals surface area contributed by atoms with Crippen LogP contribution in [0.5, 0.6) is 0 Å². The third-order valence-corrected chi connectivity index (χ3v) is 4.99. The van der Waals surface area contributed by atoms with Crippen molar-refractivity contribution in [1.82, 2.24) is 15.5 Å². The van der Waals surface area contributed by atoms with Crippen LogP contribution in [0, 0.1) is 19.7 Å². The maximum Gasteiger partial charge on any atom is 0.277 e. The van der Waals surface area contributed by atoms with Crippen LogP contribution in [0.15, 0.2) is 52.1 Å². The first-order valence-electron chi connectivity index (χ1n) is 8.78. The van der Waals surface area contributed by atoms with Gasteiger partial charge in [-0.05, 0) is 43.2 Å². The second-order valence-electron chi connectivity index (χ2n) is 6.21. The van der Waals surface area contributed by atoms with Gasteiger partial charge in [0, 0.05) is 5.69 Å². The number of carbonyl (C=O) groups excluding carboxylic acids is 2. The van der Waals surface area contributed by atoms with Gasteiger partial charge in [0.1, 0.15) is 5.82 Å². The summed E-state index contributed by atoms with van der Waals surface area (Å²) >= 11 is 1.09. The molecule has 150 valence electrons. The molecule has 0 fully saturated rings. The molecule has 9 heteroatoms. The van der Waals surface area contributed by atoms with E-state index < -0.39 is 11.7 Å². The van der Waals surface area contributed by atoms with E-state index in [1.807, 2.05) is 32.0 Å². The standard InChI is InChI=1S/C20H19FN4O3S/c1-12-6-5-9-16(13(12)2)23-17(26)11-29-20-25-24-18(28-20)10-22-19(27)14-7-3-4-8-15(14)21/h3-9H,10-11H2,1-2H3,(H,22,27)(H,23,26). The fourth-order valence-electron chi connectivity index (χ4n) is 2.46. The van der Waals surface area contributed by atoms with Gasteiger partial charge < -0.3 is 15.1 Å². The highest BCUT2D eigenvalue weighted by atomic mass is 32.2. The molecule has 2 aromatic carbocycles. The zero-order chi connectivity index (χ0) is 20.8. The van der Waals surface area contributed by atoms with E-state index in [1.54, 1.807) is 6.07 Å². The minimum Gasteiger partial charge on any atom is -0.414 e. The van der Waals surface area contributed by atoms with Crippen molar-refractivity contribution in [2.24, 2.45) is 0 Å². The number of rotatable bonds is 7. The average molecular weight is 414 g/mol. The van der Waals surface area contributed by atoms with Crippen LogP contribution in [0.25, 0.3) is 0 Å². The van der Waals surface area contributed by atoms with E-state index in [1.165, 1.54) is 18.2 Å². The molecule has 7 nitrogen and oxygen atoms in total. The molecule has 0 atom stereocenters. The first-order chi connectivity index (χ1) is 13.9. The van der Waals surface area contributed by atoms with Gasteiger partial charge >= 0.3 is 0 Å². The van der Waals surface area contributed by atoms with Crippen LogP contribution in [-0.4, -0.2) is 27.8 Å². The summed E-state index contributed by atoms with van der Waals surface area (Å²) in [4.78, 5) is 24.1. The normalized spacial score (nSPS) is 10.6. The number of anilines is 1. The van der Waals surface area contributed by atoms with Crippen molar-refractivity contribution >= 4 is 29.3 Å². The smallest absolute Gasteiger partial charge is 0.277 e. The lowest BCUT2D eigenvalue weighted by molar-refractivity contribution is -0.113. The minimum atomic E-state index is -0.610. The Hall–Kier alpha value is -3.20. The molecule has 1 heterocycles. The van der Waals surface area contributed by atoms with Crippen molar-refractivity contribution in [3.05, 3.63) is 70.9 Å². The van der Waals surface area contributed by atoms with E-state index in [9.17, 15) is 14.0 Å². The second-order valence-corrected chi connectivity index (χ2v) is 7.14. The van der Waals surface area contributed by atoms with Crippen LogP contribution in [0.4, 0.5) is 10.1 Å². The average Bonchev–Trinajstić information content (AvgIpc) is 3.16. The summed E-state index contributed by atoms with van der Waals surface area (Å²) in [5.74, 6) is -1.13. The van der Waals surface area contributed by atoms with Crippen molar-refractivity contribution in [3.63, 3.8) is 0 Å². The zero-order valence-electron chi connectivity index (χ0n) is 15.9. The summed E-state index contributed by atoms with van der Waals surface area (Å²) in [6.45, 7) is 3.87. The third-order valence-electron chi connectivity index (χ3n) is 4.17. The highest BCUT2D eigenvalue weighted by molar-refractivity contribution is 7.99. The van der Waals surface area contributed by atoms with Crippen LogP contribution in [0.3, 0.4) is 0 Å². The monoisotopic (exact) mass is 414 g/mol. The number of hydrogen-bond acceptors (Lipinski definition) is 6. The molecule has 3 rings (SSSR count). The lowest BCUT2D eigenvalue weighted by Crippen LogP contribution is -2.23. The van der Waals surface area contributed by atoms with Gasteiger partial charge in [-0.1, -0.05) is 36.0 Å². The summed E-state index contributed by atoms with van der Waals surface area (Å²) in [6.07, 6.45) is 0. The number of benzene rings is 2. The van der Waals surface area contributed by atoms with Crippen molar-refractivity contribution in [2.75, 3.05) is 11.1 Å². The minimum absolute atomic E-state index is 0.0462. The molecule has 0 unspecified atom stereocenters. The predicted octanol–water partition coefficient (Wildman–Crippen LogP) is 3.49. The quantitative estimate of drug-likeness (QED) is 0.575. The summed E-state index contributed by atoms with van der Waals surface area (Å²) in [5.41, 5.74) is 2.80. The SMILES string of the molecule is Cc1cccc(NC(=O)CSc2nnc(CNC(=O)c3ccccc3F)o2)c1C. The zero-order valence-corrected chi connectivity index (χ0v) is 16.7. The van der Waals surface area contributed by atoms with Gasteiger partial charge in [0.25, 0.3) is 11.1 Å². The maximum atomic E-state index is 13.6. The number of halogens is 1. The molecule has 0 bridgehead atoms. The Kier molecular flexibility index (Phi) is 6.61. The van der Waals surface area contributed by atoms with Gasteiger partial charge in [-0.2, -0.15) is 0 Å². The van der Waals surface area contributed by atoms with Gasteiger partial charge in [0.05, 0.1) is 17.9 Å². The Morgan fingerprint density at radius 3 is 2.69 bits per heavy atom. The largest absolute Gasteiger partial charge is 0.414 e. The number of carbonyl (C=O) groups is 2. The lowest BCUT2D eigenvalue weighted by Gasteiger charge is -2.09. The van der Waals surface area contributed by atoms with E-state index in [4.69, 9.17) is 4.42 Å². The van der Waals surface area contributed by atoms with Crippen LogP contribution in [0.1, 0.15) is 27.4 Å². The van der Waals surface area contributed by atoms with Crippen LogP contribution >= 0.6 is 11.8 Å². The van der Waals surface area contributed by atoms with Crippen molar-refractivity contribution in [2.45, 2.75) is 25.6 Å². The predicted molar refractivity (Wildman–Crippen MR) is 107 cm³/mol. The Balaban J connectivity index is 1.49. The maximum absolute atomic E-state index is 13.6. The molecule has 3 aromatic rings. The van der Waals surface area contributed by atoms with E-state index >= 15 is 0 Å².